The fourth-order valence-electron chi connectivity index (χ4n) is 4.57. The molecule has 0 saturated carbocycles. The Labute approximate surface area is 179 Å². The molecular weight excluding hydrogens is 350 g/mol. The van der Waals surface area contributed by atoms with Gasteiger partial charge in [-0.25, -0.2) is 0 Å². The Morgan fingerprint density at radius 3 is 2.03 bits per heavy atom. The van der Waals surface area contributed by atoms with Crippen LogP contribution >= 0.6 is 0 Å². The Kier molecular flexibility index (Phi) is 6.76. The predicted molar refractivity (Wildman–Crippen MR) is 124 cm³/mol. The summed E-state index contributed by atoms with van der Waals surface area (Å²) in [6.07, 6.45) is 12.6. The van der Waals surface area contributed by atoms with Crippen LogP contribution in [0.4, 0.5) is 0 Å². The van der Waals surface area contributed by atoms with E-state index in [9.17, 15) is 0 Å². The minimum atomic E-state index is 0.0885. The minimum absolute atomic E-state index is 0.0885. The summed E-state index contributed by atoms with van der Waals surface area (Å²) >= 11 is 0. The van der Waals surface area contributed by atoms with Crippen molar-refractivity contribution < 1.29 is 4.58 Å². The molecule has 2 unspecified atom stereocenters. The van der Waals surface area contributed by atoms with Gasteiger partial charge in [0.2, 0.25) is 0 Å². The third-order valence-corrected chi connectivity index (χ3v) is 6.15. The predicted octanol–water partition coefficient (Wildman–Crippen LogP) is 7.19. The molecule has 1 aliphatic carbocycles. The summed E-state index contributed by atoms with van der Waals surface area (Å²) in [6, 6.07) is 8.15. The second-order valence-electron chi connectivity index (χ2n) is 9.70. The van der Waals surface area contributed by atoms with Gasteiger partial charge in [0, 0.05) is 12.3 Å². The van der Waals surface area contributed by atoms with Gasteiger partial charge in [0.25, 0.3) is 6.54 Å². The van der Waals surface area contributed by atoms with Gasteiger partial charge in [0.1, 0.15) is 0 Å². The van der Waals surface area contributed by atoms with E-state index in [0.29, 0.717) is 29.6 Å². The first-order valence-electron chi connectivity index (χ1n) is 11.2. The van der Waals surface area contributed by atoms with Crippen LogP contribution in [0.1, 0.15) is 89.8 Å². The number of rotatable bonds is 6. The van der Waals surface area contributed by atoms with Gasteiger partial charge < -0.3 is 0 Å². The molecule has 0 amide bonds. The van der Waals surface area contributed by atoms with Crippen LogP contribution in [-0.4, -0.2) is 10.8 Å². The van der Waals surface area contributed by atoms with Crippen LogP contribution in [0.25, 0.3) is 0 Å². The molecule has 1 aromatic rings. The summed E-state index contributed by atoms with van der Waals surface area (Å²) in [5.74, 6) is 2.51. The molecule has 0 aromatic heterocycles. The van der Waals surface area contributed by atoms with Crippen molar-refractivity contribution in [2.24, 2.45) is 17.8 Å². The highest BCUT2D eigenvalue weighted by Gasteiger charge is 2.38. The van der Waals surface area contributed by atoms with Gasteiger partial charge in [-0.3, -0.25) is 4.58 Å². The quantitative estimate of drug-likeness (QED) is 0.359. The smallest absolute Gasteiger partial charge is 0.293 e. The molecule has 0 fully saturated rings. The standard InChI is InChI=1S/C28H37N/c1-18(2)23-11-9-12-24(19(3)4)27(23)22-15-16-29(17-22)28-25(20(5)6)13-10-14-26(28)21(7)8/h9-14,16,18-22,25H,1-8H3. The molecule has 0 N–H and O–H groups in total. The molecule has 1 heterocycles. The number of benzene rings is 1. The fraction of sp³-hybridized carbons (Fsp3) is 0.500. The van der Waals surface area contributed by atoms with E-state index in [0.717, 1.165) is 0 Å². The van der Waals surface area contributed by atoms with Crippen molar-refractivity contribution in [3.63, 3.8) is 0 Å². The van der Waals surface area contributed by atoms with E-state index in [2.05, 4.69) is 116 Å². The highest BCUT2D eigenvalue weighted by Crippen LogP contribution is 2.43. The van der Waals surface area contributed by atoms with Crippen molar-refractivity contribution >= 4 is 6.21 Å². The van der Waals surface area contributed by atoms with Crippen molar-refractivity contribution in [2.45, 2.75) is 73.1 Å². The van der Waals surface area contributed by atoms with Crippen LogP contribution in [0.5, 0.6) is 0 Å². The fourth-order valence-corrected chi connectivity index (χ4v) is 4.57. The van der Waals surface area contributed by atoms with Crippen LogP contribution in [0.15, 0.2) is 42.0 Å². The molecule has 4 radical (unpaired) electrons. The second kappa shape index (κ2) is 8.94. The summed E-state index contributed by atoms with van der Waals surface area (Å²) in [6.45, 7) is 22.1. The van der Waals surface area contributed by atoms with Gasteiger partial charge >= 0.3 is 0 Å². The normalized spacial score (nSPS) is 22.3. The largest absolute Gasteiger partial charge is 0.294 e. The zero-order valence-electron chi connectivity index (χ0n) is 19.5. The number of nitrogens with zero attached hydrogens (tertiary/aromatic N) is 1. The summed E-state index contributed by atoms with van der Waals surface area (Å²) < 4.78 is 2.26. The van der Waals surface area contributed by atoms with Crippen molar-refractivity contribution in [2.75, 3.05) is 0 Å². The molecule has 2 atom stereocenters. The molecule has 0 saturated heterocycles. The Morgan fingerprint density at radius 2 is 1.52 bits per heavy atom. The van der Waals surface area contributed by atoms with Crippen LogP contribution in [0.3, 0.4) is 0 Å². The third kappa shape index (κ3) is 4.39. The van der Waals surface area contributed by atoms with Crippen molar-refractivity contribution in [1.82, 2.24) is 0 Å². The number of hydrogen-bond acceptors (Lipinski definition) is 0. The molecule has 154 valence electrons. The van der Waals surface area contributed by atoms with Gasteiger partial charge in [-0.15, -0.1) is 12.2 Å². The minimum Gasteiger partial charge on any atom is -0.293 e. The Balaban J connectivity index is 1.95. The van der Waals surface area contributed by atoms with Crippen LogP contribution in [0.2, 0.25) is 0 Å². The number of allylic oxidation sites excluding steroid dienone is 2. The summed E-state index contributed by atoms with van der Waals surface area (Å²) in [7, 11) is 0. The Morgan fingerprint density at radius 1 is 0.897 bits per heavy atom. The first kappa shape index (κ1) is 21.9. The lowest BCUT2D eigenvalue weighted by Crippen LogP contribution is -2.31. The first-order valence-corrected chi connectivity index (χ1v) is 11.2. The molecule has 1 heteroatoms. The lowest BCUT2D eigenvalue weighted by molar-refractivity contribution is -0.467. The SMILES string of the molecule is CC(C)C1=CC=CC(C(C)C)[C-]1[N+]1=C[C]C(c2c(C(C)C)cccc2C(C)C)[C]1. The van der Waals surface area contributed by atoms with E-state index in [-0.39, 0.29) is 5.92 Å². The molecule has 1 nitrogen and oxygen atoms in total. The average molecular weight is 388 g/mol. The average Bonchev–Trinajstić information content (AvgIpc) is 3.15. The molecule has 1 aliphatic heterocycles. The first-order chi connectivity index (χ1) is 13.7. The van der Waals surface area contributed by atoms with E-state index < -0.39 is 0 Å². The van der Waals surface area contributed by atoms with Gasteiger partial charge in [0.15, 0.2) is 0 Å². The molecule has 1 aromatic carbocycles. The molecule has 0 spiro atoms. The topological polar surface area (TPSA) is 3.01 Å². The Bertz CT molecular complexity index is 777. The van der Waals surface area contributed by atoms with E-state index in [4.69, 9.17) is 0 Å². The van der Waals surface area contributed by atoms with Gasteiger partial charge in [-0.1, -0.05) is 85.2 Å². The maximum atomic E-state index is 3.79. The molecule has 2 aliphatic rings. The van der Waals surface area contributed by atoms with Crippen molar-refractivity contribution in [1.29, 1.82) is 0 Å². The van der Waals surface area contributed by atoms with Crippen molar-refractivity contribution in [3.8, 4) is 0 Å². The summed E-state index contributed by atoms with van der Waals surface area (Å²) in [5, 5.41) is 0. The zero-order chi connectivity index (χ0) is 21.3. The van der Waals surface area contributed by atoms with Crippen molar-refractivity contribution in [3.05, 3.63) is 77.7 Å². The van der Waals surface area contributed by atoms with E-state index in [1.54, 1.807) is 0 Å². The number of hydrogen-bond donors (Lipinski definition) is 0. The highest BCUT2D eigenvalue weighted by molar-refractivity contribution is 5.70. The maximum Gasteiger partial charge on any atom is 0.294 e. The van der Waals surface area contributed by atoms with E-state index in [1.807, 2.05) is 0 Å². The van der Waals surface area contributed by atoms with Crippen LogP contribution in [0, 0.1) is 36.8 Å². The maximum absolute atomic E-state index is 3.79. The highest BCUT2D eigenvalue weighted by atomic mass is 15.1. The van der Waals surface area contributed by atoms with Crippen LogP contribution < -0.4 is 0 Å². The van der Waals surface area contributed by atoms with Gasteiger partial charge in [0.05, 0.1) is 18.2 Å². The monoisotopic (exact) mass is 387 g/mol. The van der Waals surface area contributed by atoms with E-state index >= 15 is 0 Å². The lowest BCUT2D eigenvalue weighted by Gasteiger charge is -2.36. The molecule has 0 bridgehead atoms. The lowest BCUT2D eigenvalue weighted by atomic mass is 9.77. The van der Waals surface area contributed by atoms with Gasteiger partial charge in [-0.2, -0.15) is 0 Å². The molecule has 3 rings (SSSR count). The zero-order valence-corrected chi connectivity index (χ0v) is 19.5. The Hall–Kier alpha value is -1.76. The second-order valence-corrected chi connectivity index (χ2v) is 9.70. The van der Waals surface area contributed by atoms with Gasteiger partial charge in [-0.05, 0) is 40.4 Å². The summed E-state index contributed by atoms with van der Waals surface area (Å²) in [4.78, 5) is 0. The molecule has 29 heavy (non-hydrogen) atoms. The third-order valence-electron chi connectivity index (χ3n) is 6.15. The van der Waals surface area contributed by atoms with Crippen LogP contribution in [-0.2, 0) is 0 Å². The van der Waals surface area contributed by atoms with E-state index in [1.165, 1.54) is 28.3 Å². The summed E-state index contributed by atoms with van der Waals surface area (Å²) in [5.41, 5.74) is 5.66. The molecular formula is C28H37N.